The Labute approximate surface area is 103 Å². The van der Waals surface area contributed by atoms with Crippen LogP contribution >= 0.6 is 11.8 Å². The topological polar surface area (TPSA) is 46.9 Å². The van der Waals surface area contributed by atoms with Gasteiger partial charge in [0.2, 0.25) is 6.41 Å². The van der Waals surface area contributed by atoms with Crippen LogP contribution in [0, 0.1) is 0 Å². The highest BCUT2D eigenvalue weighted by Gasteiger charge is 2.15. The van der Waals surface area contributed by atoms with E-state index >= 15 is 0 Å². The Morgan fingerprint density at radius 2 is 2.41 bits per heavy atom. The molecular formula is C12H11N3OS. The van der Waals surface area contributed by atoms with Gasteiger partial charge in [0.15, 0.2) is 5.16 Å². The van der Waals surface area contributed by atoms with Crippen LogP contribution in [0.5, 0.6) is 0 Å². The highest BCUT2D eigenvalue weighted by Crippen LogP contribution is 2.29. The molecule has 0 fully saturated rings. The molecular weight excluding hydrogens is 234 g/mol. The normalized spacial score (nSPS) is 13.4. The molecule has 1 aromatic carbocycles. The lowest BCUT2D eigenvalue weighted by atomic mass is 10.1. The predicted molar refractivity (Wildman–Crippen MR) is 68.1 cm³/mol. The fourth-order valence-corrected chi connectivity index (χ4v) is 2.83. The van der Waals surface area contributed by atoms with Crippen LogP contribution in [0.2, 0.25) is 0 Å². The highest BCUT2D eigenvalue weighted by atomic mass is 32.2. The predicted octanol–water partition coefficient (Wildman–Crippen LogP) is 2.22. The van der Waals surface area contributed by atoms with Crippen LogP contribution in [0.25, 0.3) is 11.3 Å². The van der Waals surface area contributed by atoms with Crippen molar-refractivity contribution in [2.75, 3.05) is 11.1 Å². The van der Waals surface area contributed by atoms with Gasteiger partial charge in [-0.05, 0) is 12.1 Å². The molecule has 2 heterocycles. The van der Waals surface area contributed by atoms with Crippen molar-refractivity contribution in [1.82, 2.24) is 9.55 Å². The first kappa shape index (κ1) is 10.4. The number of carbonyl (C=O) groups is 1. The van der Waals surface area contributed by atoms with Crippen molar-refractivity contribution >= 4 is 23.9 Å². The summed E-state index contributed by atoms with van der Waals surface area (Å²) in [6.45, 7) is 1.03. The summed E-state index contributed by atoms with van der Waals surface area (Å²) in [5, 5.41) is 3.72. The molecule has 4 nitrogen and oxygen atoms in total. The van der Waals surface area contributed by atoms with E-state index in [4.69, 9.17) is 0 Å². The Hall–Kier alpha value is -1.75. The second-order valence-corrected chi connectivity index (χ2v) is 4.86. The summed E-state index contributed by atoms with van der Waals surface area (Å²) in [7, 11) is 0. The van der Waals surface area contributed by atoms with Gasteiger partial charge < -0.3 is 9.88 Å². The minimum absolute atomic E-state index is 0.683. The van der Waals surface area contributed by atoms with E-state index in [2.05, 4.69) is 21.1 Å². The van der Waals surface area contributed by atoms with Crippen molar-refractivity contribution in [3.05, 3.63) is 30.5 Å². The minimum atomic E-state index is 0.683. The summed E-state index contributed by atoms with van der Waals surface area (Å²) in [4.78, 5) is 15.0. The maximum absolute atomic E-state index is 10.4. The molecule has 1 aliphatic heterocycles. The number of amides is 1. The zero-order valence-corrected chi connectivity index (χ0v) is 9.91. The molecule has 1 aliphatic rings. The maximum Gasteiger partial charge on any atom is 0.211 e. The van der Waals surface area contributed by atoms with Crippen LogP contribution in [-0.2, 0) is 11.3 Å². The summed E-state index contributed by atoms with van der Waals surface area (Å²) in [6.07, 6.45) is 2.75. The lowest BCUT2D eigenvalue weighted by molar-refractivity contribution is -0.105. The van der Waals surface area contributed by atoms with E-state index in [1.165, 1.54) is 0 Å². The SMILES string of the molecule is O=CNc1cccc(-c2cn3c(n2)SCC3)c1. The van der Waals surface area contributed by atoms with Gasteiger partial charge in [0.05, 0.1) is 5.69 Å². The van der Waals surface area contributed by atoms with E-state index in [-0.39, 0.29) is 0 Å². The molecule has 0 unspecified atom stereocenters. The number of imidazole rings is 1. The summed E-state index contributed by atoms with van der Waals surface area (Å²) >= 11 is 1.78. The molecule has 3 rings (SSSR count). The van der Waals surface area contributed by atoms with Crippen LogP contribution < -0.4 is 5.32 Å². The molecule has 5 heteroatoms. The number of nitrogens with one attached hydrogen (secondary N) is 1. The Bertz CT molecular complexity index is 543. The second kappa shape index (κ2) is 4.25. The maximum atomic E-state index is 10.4. The number of fused-ring (bicyclic) bond motifs is 1. The number of thioether (sulfide) groups is 1. The molecule has 0 saturated carbocycles. The van der Waals surface area contributed by atoms with Crippen molar-refractivity contribution in [1.29, 1.82) is 0 Å². The second-order valence-electron chi connectivity index (χ2n) is 3.79. The fourth-order valence-electron chi connectivity index (χ4n) is 1.89. The zero-order valence-electron chi connectivity index (χ0n) is 9.09. The van der Waals surface area contributed by atoms with Crippen LogP contribution in [0.15, 0.2) is 35.6 Å². The third kappa shape index (κ3) is 1.93. The van der Waals surface area contributed by atoms with Gasteiger partial charge in [0.1, 0.15) is 0 Å². The van der Waals surface area contributed by atoms with Crippen LogP contribution in [-0.4, -0.2) is 21.7 Å². The standard InChI is InChI=1S/C12H11N3OS/c16-8-13-10-3-1-2-9(6-10)11-7-15-4-5-17-12(15)14-11/h1-3,6-8H,4-5H2,(H,13,16). The quantitative estimate of drug-likeness (QED) is 0.843. The van der Waals surface area contributed by atoms with Gasteiger partial charge in [0, 0.05) is 29.7 Å². The van der Waals surface area contributed by atoms with E-state index in [1.54, 1.807) is 11.8 Å². The van der Waals surface area contributed by atoms with Crippen LogP contribution in [0.3, 0.4) is 0 Å². The van der Waals surface area contributed by atoms with Crippen LogP contribution in [0.4, 0.5) is 5.69 Å². The summed E-state index contributed by atoms with van der Waals surface area (Å²) in [6, 6.07) is 7.70. The molecule has 0 bridgehead atoms. The lowest BCUT2D eigenvalue weighted by Crippen LogP contribution is -1.93. The molecule has 1 aromatic heterocycles. The largest absolute Gasteiger partial charge is 0.329 e. The molecule has 2 aromatic rings. The third-order valence-electron chi connectivity index (χ3n) is 2.69. The van der Waals surface area contributed by atoms with Gasteiger partial charge in [-0.3, -0.25) is 4.79 Å². The number of aryl methyl sites for hydroxylation is 1. The first-order valence-electron chi connectivity index (χ1n) is 5.37. The van der Waals surface area contributed by atoms with Gasteiger partial charge in [-0.1, -0.05) is 23.9 Å². The van der Waals surface area contributed by atoms with Gasteiger partial charge in [0.25, 0.3) is 0 Å². The number of benzene rings is 1. The van der Waals surface area contributed by atoms with Gasteiger partial charge >= 0.3 is 0 Å². The van der Waals surface area contributed by atoms with Gasteiger partial charge in [-0.2, -0.15) is 0 Å². The number of hydrogen-bond donors (Lipinski definition) is 1. The third-order valence-corrected chi connectivity index (χ3v) is 3.66. The highest BCUT2D eigenvalue weighted by molar-refractivity contribution is 7.99. The first-order chi connectivity index (χ1) is 8.36. The molecule has 86 valence electrons. The van der Waals surface area contributed by atoms with Crippen molar-refractivity contribution in [3.8, 4) is 11.3 Å². The monoisotopic (exact) mass is 245 g/mol. The summed E-state index contributed by atoms with van der Waals surface area (Å²) in [5.41, 5.74) is 2.78. The van der Waals surface area contributed by atoms with E-state index < -0.39 is 0 Å². The zero-order chi connectivity index (χ0) is 11.7. The molecule has 0 spiro atoms. The van der Waals surface area contributed by atoms with E-state index in [0.717, 1.165) is 34.4 Å². The molecule has 17 heavy (non-hydrogen) atoms. The molecule has 1 amide bonds. The number of rotatable bonds is 3. The van der Waals surface area contributed by atoms with Crippen molar-refractivity contribution in [2.45, 2.75) is 11.7 Å². The Morgan fingerprint density at radius 1 is 1.47 bits per heavy atom. The molecule has 0 radical (unpaired) electrons. The number of hydrogen-bond acceptors (Lipinski definition) is 3. The Morgan fingerprint density at radius 3 is 3.24 bits per heavy atom. The fraction of sp³-hybridized carbons (Fsp3) is 0.167. The smallest absolute Gasteiger partial charge is 0.211 e. The van der Waals surface area contributed by atoms with E-state index in [1.807, 2.05) is 24.3 Å². The van der Waals surface area contributed by atoms with Crippen molar-refractivity contribution < 1.29 is 4.79 Å². The molecule has 0 saturated heterocycles. The van der Waals surface area contributed by atoms with Crippen molar-refractivity contribution in [2.24, 2.45) is 0 Å². The Balaban J connectivity index is 1.97. The first-order valence-corrected chi connectivity index (χ1v) is 6.36. The number of aromatic nitrogens is 2. The van der Waals surface area contributed by atoms with E-state index in [9.17, 15) is 4.79 Å². The lowest BCUT2D eigenvalue weighted by Gasteiger charge is -2.01. The molecule has 0 aliphatic carbocycles. The molecule has 0 atom stereocenters. The van der Waals surface area contributed by atoms with Crippen molar-refractivity contribution in [3.63, 3.8) is 0 Å². The molecule has 1 N–H and O–H groups in total. The van der Waals surface area contributed by atoms with Gasteiger partial charge in [-0.15, -0.1) is 0 Å². The average molecular weight is 245 g/mol. The number of anilines is 1. The summed E-state index contributed by atoms with van der Waals surface area (Å²) < 4.78 is 2.17. The number of carbonyl (C=O) groups excluding carboxylic acids is 1. The van der Waals surface area contributed by atoms with Crippen LogP contribution in [0.1, 0.15) is 0 Å². The van der Waals surface area contributed by atoms with E-state index in [0.29, 0.717) is 6.41 Å². The summed E-state index contributed by atoms with van der Waals surface area (Å²) in [5.74, 6) is 1.11. The average Bonchev–Trinajstić information content (AvgIpc) is 2.89. The minimum Gasteiger partial charge on any atom is -0.329 e. The van der Waals surface area contributed by atoms with Gasteiger partial charge in [-0.25, -0.2) is 4.98 Å². The number of nitrogens with zero attached hydrogens (tertiary/aromatic N) is 2. The Kier molecular flexibility index (Phi) is 2.60.